The maximum atomic E-state index is 11.5. The van der Waals surface area contributed by atoms with Gasteiger partial charge in [0.1, 0.15) is 9.84 Å². The van der Waals surface area contributed by atoms with Crippen molar-refractivity contribution in [3.8, 4) is 0 Å². The first-order chi connectivity index (χ1) is 13.6. The highest BCUT2D eigenvalue weighted by molar-refractivity contribution is 7.90. The average Bonchev–Trinajstić information content (AvgIpc) is 3.18. The summed E-state index contributed by atoms with van der Waals surface area (Å²) in [6.07, 6.45) is 4.43. The SMILES string of the molecule is CN=C(NCC(c1cccs1)N1CCC(C)CC1)NCC(C)(C)CCS(C)(=O)=O. The summed E-state index contributed by atoms with van der Waals surface area (Å²) in [5.41, 5.74) is -0.128. The molecule has 0 spiro atoms. The van der Waals surface area contributed by atoms with Crippen molar-refractivity contribution in [2.75, 3.05) is 45.2 Å². The van der Waals surface area contributed by atoms with Crippen LogP contribution in [0.4, 0.5) is 0 Å². The Kier molecular flexibility index (Phi) is 8.97. The Bertz CT molecular complexity index is 737. The quantitative estimate of drug-likeness (QED) is 0.454. The van der Waals surface area contributed by atoms with Crippen LogP contribution in [0.5, 0.6) is 0 Å². The minimum absolute atomic E-state index is 0.128. The van der Waals surface area contributed by atoms with Crippen molar-refractivity contribution in [3.05, 3.63) is 22.4 Å². The van der Waals surface area contributed by atoms with Crippen LogP contribution in [0.25, 0.3) is 0 Å². The van der Waals surface area contributed by atoms with E-state index in [9.17, 15) is 8.42 Å². The van der Waals surface area contributed by atoms with Gasteiger partial charge in [0.25, 0.3) is 0 Å². The van der Waals surface area contributed by atoms with E-state index in [0.29, 0.717) is 19.0 Å². The Morgan fingerprint density at radius 3 is 2.59 bits per heavy atom. The monoisotopic (exact) mass is 442 g/mol. The lowest BCUT2D eigenvalue weighted by atomic mass is 9.90. The van der Waals surface area contributed by atoms with E-state index in [1.807, 2.05) is 11.3 Å². The minimum Gasteiger partial charge on any atom is -0.356 e. The number of sulfone groups is 1. The van der Waals surface area contributed by atoms with E-state index in [-0.39, 0.29) is 11.2 Å². The standard InChI is InChI=1S/C21H38N4O2S2/c1-17-8-11-25(12-9-17)18(19-7-6-13-28-19)15-23-20(22-4)24-16-21(2,3)10-14-29(5,26)27/h6-7,13,17-18H,8-12,14-16H2,1-5H3,(H2,22,23,24). The van der Waals surface area contributed by atoms with Gasteiger partial charge in [0.2, 0.25) is 0 Å². The van der Waals surface area contributed by atoms with Crippen LogP contribution in [-0.4, -0.2) is 64.5 Å². The topological polar surface area (TPSA) is 73.8 Å². The van der Waals surface area contributed by atoms with Gasteiger partial charge in [-0.1, -0.05) is 26.8 Å². The first-order valence-electron chi connectivity index (χ1n) is 10.5. The van der Waals surface area contributed by atoms with Crippen molar-refractivity contribution in [3.63, 3.8) is 0 Å². The molecule has 2 heterocycles. The zero-order valence-corrected chi connectivity index (χ0v) is 20.2. The fraction of sp³-hybridized carbons (Fsp3) is 0.762. The van der Waals surface area contributed by atoms with Crippen LogP contribution in [0, 0.1) is 11.3 Å². The number of thiophene rings is 1. The fourth-order valence-electron chi connectivity index (χ4n) is 3.52. The Morgan fingerprint density at radius 2 is 2.03 bits per heavy atom. The molecule has 2 rings (SSSR count). The van der Waals surface area contributed by atoms with Gasteiger partial charge in [-0.05, 0) is 55.1 Å². The van der Waals surface area contributed by atoms with Gasteiger partial charge in [-0.15, -0.1) is 11.3 Å². The molecule has 8 heteroatoms. The molecule has 0 saturated carbocycles. The van der Waals surface area contributed by atoms with Crippen molar-refractivity contribution in [2.24, 2.45) is 16.3 Å². The molecule has 1 saturated heterocycles. The van der Waals surface area contributed by atoms with Crippen molar-refractivity contribution in [1.82, 2.24) is 15.5 Å². The van der Waals surface area contributed by atoms with Crippen LogP contribution < -0.4 is 10.6 Å². The first-order valence-corrected chi connectivity index (χ1v) is 13.4. The summed E-state index contributed by atoms with van der Waals surface area (Å²) in [6, 6.07) is 4.69. The molecule has 1 aliphatic heterocycles. The predicted octanol–water partition coefficient (Wildman–Crippen LogP) is 3.15. The van der Waals surface area contributed by atoms with E-state index in [0.717, 1.165) is 31.5 Å². The second-order valence-electron chi connectivity index (χ2n) is 9.10. The van der Waals surface area contributed by atoms with Crippen LogP contribution in [0.2, 0.25) is 0 Å². The molecule has 1 aromatic rings. The summed E-state index contributed by atoms with van der Waals surface area (Å²) in [7, 11) is -1.16. The van der Waals surface area contributed by atoms with E-state index < -0.39 is 9.84 Å². The van der Waals surface area contributed by atoms with E-state index in [1.165, 1.54) is 24.0 Å². The second kappa shape index (κ2) is 10.8. The third kappa shape index (κ3) is 8.64. The van der Waals surface area contributed by atoms with Gasteiger partial charge >= 0.3 is 0 Å². The molecule has 0 amide bonds. The highest BCUT2D eigenvalue weighted by Gasteiger charge is 2.26. The van der Waals surface area contributed by atoms with E-state index in [4.69, 9.17) is 0 Å². The van der Waals surface area contributed by atoms with Crippen molar-refractivity contribution < 1.29 is 8.42 Å². The Morgan fingerprint density at radius 1 is 1.34 bits per heavy atom. The number of nitrogens with one attached hydrogen (secondary N) is 2. The lowest BCUT2D eigenvalue weighted by molar-refractivity contribution is 0.140. The largest absolute Gasteiger partial charge is 0.356 e. The third-order valence-electron chi connectivity index (χ3n) is 5.70. The van der Waals surface area contributed by atoms with E-state index >= 15 is 0 Å². The highest BCUT2D eigenvalue weighted by Crippen LogP contribution is 2.29. The fourth-order valence-corrected chi connectivity index (χ4v) is 5.30. The van der Waals surface area contributed by atoms with Crippen molar-refractivity contribution in [1.29, 1.82) is 0 Å². The molecule has 1 aliphatic rings. The molecule has 0 bridgehead atoms. The normalized spacial score (nSPS) is 18.6. The van der Waals surface area contributed by atoms with Crippen LogP contribution in [-0.2, 0) is 9.84 Å². The highest BCUT2D eigenvalue weighted by atomic mass is 32.2. The molecule has 29 heavy (non-hydrogen) atoms. The van der Waals surface area contributed by atoms with Crippen molar-refractivity contribution in [2.45, 2.75) is 46.1 Å². The molecule has 0 aromatic carbocycles. The van der Waals surface area contributed by atoms with Gasteiger partial charge < -0.3 is 10.6 Å². The summed E-state index contributed by atoms with van der Waals surface area (Å²) >= 11 is 1.81. The maximum Gasteiger partial charge on any atom is 0.191 e. The Labute approximate surface area is 181 Å². The molecule has 0 aliphatic carbocycles. The Hall–Kier alpha value is -1.12. The molecule has 6 nitrogen and oxygen atoms in total. The molecule has 1 unspecified atom stereocenters. The van der Waals surface area contributed by atoms with Gasteiger partial charge in [-0.25, -0.2) is 8.42 Å². The van der Waals surface area contributed by atoms with Gasteiger partial charge in [-0.3, -0.25) is 9.89 Å². The van der Waals surface area contributed by atoms with Gasteiger partial charge in [-0.2, -0.15) is 0 Å². The molecular formula is C21H38N4O2S2. The Balaban J connectivity index is 1.91. The van der Waals surface area contributed by atoms with Crippen LogP contribution in [0.1, 0.15) is 51.0 Å². The van der Waals surface area contributed by atoms with E-state index in [2.05, 4.69) is 58.8 Å². The maximum absolute atomic E-state index is 11.5. The van der Waals surface area contributed by atoms with Crippen LogP contribution in [0.15, 0.2) is 22.5 Å². The number of nitrogens with zero attached hydrogens (tertiary/aromatic N) is 2. The number of aliphatic imine (C=N–C) groups is 1. The number of hydrogen-bond acceptors (Lipinski definition) is 5. The van der Waals surface area contributed by atoms with Crippen LogP contribution in [0.3, 0.4) is 0 Å². The molecule has 2 N–H and O–H groups in total. The number of guanidine groups is 1. The number of rotatable bonds is 9. The van der Waals surface area contributed by atoms with E-state index in [1.54, 1.807) is 7.05 Å². The zero-order valence-electron chi connectivity index (χ0n) is 18.6. The third-order valence-corrected chi connectivity index (χ3v) is 7.62. The molecule has 0 radical (unpaired) electrons. The van der Waals surface area contributed by atoms with Crippen molar-refractivity contribution >= 4 is 27.1 Å². The summed E-state index contributed by atoms with van der Waals surface area (Å²) in [5.74, 6) is 1.79. The summed E-state index contributed by atoms with van der Waals surface area (Å²) in [6.45, 7) is 10.3. The molecule has 1 fully saturated rings. The smallest absolute Gasteiger partial charge is 0.191 e. The summed E-state index contributed by atoms with van der Waals surface area (Å²) < 4.78 is 22.9. The van der Waals surface area contributed by atoms with Crippen LogP contribution >= 0.6 is 11.3 Å². The van der Waals surface area contributed by atoms with Gasteiger partial charge in [0.15, 0.2) is 5.96 Å². The summed E-state index contributed by atoms with van der Waals surface area (Å²) in [4.78, 5) is 8.34. The lowest BCUT2D eigenvalue weighted by Crippen LogP contribution is -2.46. The number of piperidine rings is 1. The van der Waals surface area contributed by atoms with Gasteiger partial charge in [0, 0.05) is 31.3 Å². The first kappa shape index (κ1) is 24.2. The molecule has 1 aromatic heterocycles. The summed E-state index contributed by atoms with van der Waals surface area (Å²) in [5, 5.41) is 9.03. The zero-order chi connectivity index (χ0) is 21.5. The molecule has 1 atom stereocenters. The number of hydrogen-bond donors (Lipinski definition) is 2. The van der Waals surface area contributed by atoms with Gasteiger partial charge in [0.05, 0.1) is 11.8 Å². The lowest BCUT2D eigenvalue weighted by Gasteiger charge is -2.36. The molecular weight excluding hydrogens is 404 g/mol. The number of likely N-dealkylation sites (tertiary alicyclic amines) is 1. The predicted molar refractivity (Wildman–Crippen MR) is 125 cm³/mol. The molecule has 166 valence electrons. The average molecular weight is 443 g/mol. The minimum atomic E-state index is -2.94. The second-order valence-corrected chi connectivity index (χ2v) is 12.3.